The number of carbonyl (C=O) groups excluding carboxylic acids is 2. The Morgan fingerprint density at radius 3 is 2.15 bits per heavy atom. The topological polar surface area (TPSA) is 96.0 Å². The molecule has 0 aliphatic heterocycles. The highest BCUT2D eigenvalue weighted by Gasteiger charge is 2.30. The van der Waals surface area contributed by atoms with Gasteiger partial charge in [-0.3, -0.25) is 13.9 Å². The Morgan fingerprint density at radius 2 is 1.57 bits per heavy atom. The number of anilines is 1. The minimum Gasteiger partial charge on any atom is -0.494 e. The van der Waals surface area contributed by atoms with Crippen molar-refractivity contribution in [3.63, 3.8) is 0 Å². The van der Waals surface area contributed by atoms with Gasteiger partial charge in [-0.25, -0.2) is 8.42 Å². The van der Waals surface area contributed by atoms with E-state index in [0.29, 0.717) is 24.5 Å². The van der Waals surface area contributed by atoms with Crippen molar-refractivity contribution in [3.05, 3.63) is 95.6 Å². The van der Waals surface area contributed by atoms with Crippen LogP contribution < -0.4 is 14.4 Å². The van der Waals surface area contributed by atoms with Crippen LogP contribution >= 0.6 is 0 Å². The van der Waals surface area contributed by atoms with E-state index < -0.39 is 16.1 Å². The summed E-state index contributed by atoms with van der Waals surface area (Å²) < 4.78 is 32.0. The van der Waals surface area contributed by atoms with E-state index >= 15 is 0 Å². The van der Waals surface area contributed by atoms with Crippen LogP contribution in [0.3, 0.4) is 0 Å². The molecule has 214 valence electrons. The number of likely N-dealkylation sites (N-methyl/N-ethyl adjacent to an activating group) is 1. The molecule has 0 saturated heterocycles. The van der Waals surface area contributed by atoms with Crippen LogP contribution in [0.2, 0.25) is 0 Å². The average Bonchev–Trinajstić information content (AvgIpc) is 2.94. The normalized spacial score (nSPS) is 11.9. The second-order valence-electron chi connectivity index (χ2n) is 9.69. The first kappa shape index (κ1) is 30.7. The van der Waals surface area contributed by atoms with Gasteiger partial charge in [-0.1, -0.05) is 60.2 Å². The standard InChI is InChI=1S/C31H39N3O5S/c1-5-39-28-19-17-27(18-20-28)34(40(4,37)38)21-9-12-30(35)33(23-26-15-13-24(2)14-16-26)29(31(36)32-3)22-25-10-7-6-8-11-25/h6-8,10-11,13-20,29H,5,9,12,21-23H2,1-4H3,(H,32,36). The molecule has 9 heteroatoms. The molecule has 1 unspecified atom stereocenters. The lowest BCUT2D eigenvalue weighted by atomic mass is 10.0. The van der Waals surface area contributed by atoms with Crippen molar-refractivity contribution >= 4 is 27.5 Å². The number of nitrogens with one attached hydrogen (secondary N) is 1. The van der Waals surface area contributed by atoms with Crippen molar-refractivity contribution < 1.29 is 22.7 Å². The van der Waals surface area contributed by atoms with E-state index in [9.17, 15) is 18.0 Å². The molecular formula is C31H39N3O5S. The summed E-state index contributed by atoms with van der Waals surface area (Å²) in [5.41, 5.74) is 3.45. The molecule has 3 aromatic rings. The van der Waals surface area contributed by atoms with Gasteiger partial charge in [0, 0.05) is 33.0 Å². The van der Waals surface area contributed by atoms with Crippen molar-refractivity contribution in [1.29, 1.82) is 0 Å². The summed E-state index contributed by atoms with van der Waals surface area (Å²) in [6.45, 7) is 4.77. The first-order valence-corrected chi connectivity index (χ1v) is 15.3. The highest BCUT2D eigenvalue weighted by molar-refractivity contribution is 7.92. The van der Waals surface area contributed by atoms with E-state index in [-0.39, 0.29) is 37.7 Å². The van der Waals surface area contributed by atoms with Gasteiger partial charge in [-0.15, -0.1) is 0 Å². The molecule has 2 amide bonds. The number of aryl methyl sites for hydroxylation is 1. The van der Waals surface area contributed by atoms with E-state index in [1.165, 1.54) is 4.31 Å². The van der Waals surface area contributed by atoms with Crippen LogP contribution in [-0.2, 0) is 32.6 Å². The third-order valence-corrected chi connectivity index (χ3v) is 7.77. The van der Waals surface area contributed by atoms with E-state index in [1.807, 2.05) is 68.4 Å². The van der Waals surface area contributed by atoms with Crippen LogP contribution in [-0.4, -0.2) is 57.6 Å². The Hall–Kier alpha value is -3.85. The van der Waals surface area contributed by atoms with Gasteiger partial charge in [0.1, 0.15) is 11.8 Å². The van der Waals surface area contributed by atoms with E-state index in [1.54, 1.807) is 36.2 Å². The summed E-state index contributed by atoms with van der Waals surface area (Å²) in [7, 11) is -2.02. The SMILES string of the molecule is CCOc1ccc(N(CCCC(=O)N(Cc2ccc(C)cc2)C(Cc2ccccc2)C(=O)NC)S(C)(=O)=O)cc1. The van der Waals surface area contributed by atoms with Crippen LogP contribution in [0.5, 0.6) is 5.75 Å². The van der Waals surface area contributed by atoms with Crippen molar-refractivity contribution in [2.45, 2.75) is 45.7 Å². The van der Waals surface area contributed by atoms with Crippen molar-refractivity contribution in [3.8, 4) is 5.75 Å². The molecule has 0 spiro atoms. The average molecular weight is 566 g/mol. The van der Waals surface area contributed by atoms with E-state index in [0.717, 1.165) is 22.9 Å². The summed E-state index contributed by atoms with van der Waals surface area (Å²) in [6.07, 6.45) is 1.88. The fourth-order valence-electron chi connectivity index (χ4n) is 4.49. The van der Waals surface area contributed by atoms with Gasteiger partial charge in [-0.05, 0) is 55.7 Å². The predicted octanol–water partition coefficient (Wildman–Crippen LogP) is 4.33. The summed E-state index contributed by atoms with van der Waals surface area (Å²) in [6, 6.07) is 23.6. The van der Waals surface area contributed by atoms with Crippen LogP contribution in [0.1, 0.15) is 36.5 Å². The monoisotopic (exact) mass is 565 g/mol. The third-order valence-electron chi connectivity index (χ3n) is 6.58. The van der Waals surface area contributed by atoms with E-state index in [4.69, 9.17) is 4.74 Å². The molecule has 40 heavy (non-hydrogen) atoms. The summed E-state index contributed by atoms with van der Waals surface area (Å²) >= 11 is 0. The Balaban J connectivity index is 1.81. The molecule has 0 aliphatic carbocycles. The number of rotatable bonds is 14. The molecule has 3 rings (SSSR count). The molecular weight excluding hydrogens is 526 g/mol. The predicted molar refractivity (Wildman–Crippen MR) is 159 cm³/mol. The minimum atomic E-state index is -3.58. The lowest BCUT2D eigenvalue weighted by molar-refractivity contribution is -0.141. The second-order valence-corrected chi connectivity index (χ2v) is 11.6. The van der Waals surface area contributed by atoms with Gasteiger partial charge in [-0.2, -0.15) is 0 Å². The molecule has 0 aliphatic rings. The molecule has 3 aromatic carbocycles. The molecule has 1 N–H and O–H groups in total. The fraction of sp³-hybridized carbons (Fsp3) is 0.355. The minimum absolute atomic E-state index is 0.0806. The molecule has 8 nitrogen and oxygen atoms in total. The van der Waals surface area contributed by atoms with Crippen molar-refractivity contribution in [2.24, 2.45) is 0 Å². The maximum absolute atomic E-state index is 13.7. The molecule has 1 atom stereocenters. The lowest BCUT2D eigenvalue weighted by Gasteiger charge is -2.31. The zero-order chi connectivity index (χ0) is 29.1. The highest BCUT2D eigenvalue weighted by atomic mass is 32.2. The number of nitrogens with zero attached hydrogens (tertiary/aromatic N) is 2. The van der Waals surface area contributed by atoms with Gasteiger partial charge >= 0.3 is 0 Å². The van der Waals surface area contributed by atoms with Crippen LogP contribution in [0.15, 0.2) is 78.9 Å². The number of benzene rings is 3. The summed E-state index contributed by atoms with van der Waals surface area (Å²) in [4.78, 5) is 28.4. The number of ether oxygens (including phenoxy) is 1. The smallest absolute Gasteiger partial charge is 0.242 e. The third kappa shape index (κ3) is 8.84. The molecule has 0 radical (unpaired) electrons. The zero-order valence-corrected chi connectivity index (χ0v) is 24.5. The van der Waals surface area contributed by atoms with Gasteiger partial charge in [0.05, 0.1) is 18.6 Å². The van der Waals surface area contributed by atoms with Crippen LogP contribution in [0.25, 0.3) is 0 Å². The number of hydrogen-bond donors (Lipinski definition) is 1. The molecule has 0 heterocycles. The number of amides is 2. The van der Waals surface area contributed by atoms with Crippen molar-refractivity contribution in [2.75, 3.05) is 30.8 Å². The maximum Gasteiger partial charge on any atom is 0.242 e. The highest BCUT2D eigenvalue weighted by Crippen LogP contribution is 2.23. The van der Waals surface area contributed by atoms with Gasteiger partial charge in [0.25, 0.3) is 0 Å². The Labute approximate surface area is 238 Å². The van der Waals surface area contributed by atoms with Gasteiger partial charge in [0.15, 0.2) is 0 Å². The Morgan fingerprint density at radius 1 is 0.925 bits per heavy atom. The number of carbonyl (C=O) groups is 2. The summed E-state index contributed by atoms with van der Waals surface area (Å²) in [5, 5.41) is 2.71. The van der Waals surface area contributed by atoms with E-state index in [2.05, 4.69) is 5.32 Å². The molecule has 0 saturated carbocycles. The molecule has 0 bridgehead atoms. The quantitative estimate of drug-likeness (QED) is 0.314. The first-order valence-electron chi connectivity index (χ1n) is 13.4. The largest absolute Gasteiger partial charge is 0.494 e. The van der Waals surface area contributed by atoms with Crippen molar-refractivity contribution in [1.82, 2.24) is 10.2 Å². The second kappa shape index (κ2) is 14.5. The van der Waals surface area contributed by atoms with Crippen LogP contribution in [0, 0.1) is 6.92 Å². The fourth-order valence-corrected chi connectivity index (χ4v) is 5.46. The lowest BCUT2D eigenvalue weighted by Crippen LogP contribution is -2.49. The zero-order valence-electron chi connectivity index (χ0n) is 23.7. The maximum atomic E-state index is 13.7. The summed E-state index contributed by atoms with van der Waals surface area (Å²) in [5.74, 6) is 0.182. The van der Waals surface area contributed by atoms with Gasteiger partial charge < -0.3 is 15.0 Å². The Bertz CT molecular complexity index is 1340. The number of hydrogen-bond acceptors (Lipinski definition) is 5. The molecule has 0 fully saturated rings. The van der Waals surface area contributed by atoms with Crippen LogP contribution in [0.4, 0.5) is 5.69 Å². The van der Waals surface area contributed by atoms with Gasteiger partial charge in [0.2, 0.25) is 21.8 Å². The Kier molecular flexibility index (Phi) is 11.1. The number of sulfonamides is 1. The first-order chi connectivity index (χ1) is 19.1. The molecule has 0 aromatic heterocycles.